The van der Waals surface area contributed by atoms with Crippen molar-refractivity contribution < 1.29 is 9.53 Å². The fraction of sp³-hybridized carbons (Fsp3) is 0.125. The Kier molecular flexibility index (Phi) is 5.47. The Labute approximate surface area is 169 Å². The van der Waals surface area contributed by atoms with E-state index in [1.165, 1.54) is 6.33 Å². The van der Waals surface area contributed by atoms with Crippen LogP contribution in [0.25, 0.3) is 0 Å². The van der Waals surface area contributed by atoms with Crippen molar-refractivity contribution in [1.29, 1.82) is 0 Å². The van der Waals surface area contributed by atoms with Gasteiger partial charge in [0.1, 0.15) is 18.8 Å². The average molecular weight is 383 g/mol. The van der Waals surface area contributed by atoms with E-state index in [1.807, 2.05) is 54.6 Å². The Balaban J connectivity index is 2.08. The van der Waals surface area contributed by atoms with Crippen LogP contribution in [-0.4, -0.2) is 28.3 Å². The number of nitrogens with one attached hydrogen (secondary N) is 1. The summed E-state index contributed by atoms with van der Waals surface area (Å²) < 4.78 is 5.32. The average Bonchev–Trinajstić information content (AvgIpc) is 3.33. The summed E-state index contributed by atoms with van der Waals surface area (Å²) in [7, 11) is 0. The molecule has 0 radical (unpaired) electrons. The van der Waals surface area contributed by atoms with Gasteiger partial charge in [0.2, 0.25) is 0 Å². The molecule has 0 saturated heterocycles. The van der Waals surface area contributed by atoms with Crippen LogP contribution in [0.3, 0.4) is 0 Å². The van der Waals surface area contributed by atoms with Crippen LogP contribution < -0.4 is 0 Å². The van der Waals surface area contributed by atoms with Gasteiger partial charge in [-0.1, -0.05) is 91.0 Å². The Hall–Kier alpha value is -3.73. The summed E-state index contributed by atoms with van der Waals surface area (Å²) in [6.45, 7) is 0.631. The zero-order chi connectivity index (χ0) is 19.9. The molecule has 0 saturated carbocycles. The molecule has 1 heterocycles. The minimum absolute atomic E-state index is 0.150. The number of H-pyrrole nitrogens is 1. The van der Waals surface area contributed by atoms with E-state index in [4.69, 9.17) is 4.74 Å². The van der Waals surface area contributed by atoms with Gasteiger partial charge in [-0.05, 0) is 16.7 Å². The lowest BCUT2D eigenvalue weighted by atomic mass is 9.61. The van der Waals surface area contributed by atoms with Crippen LogP contribution in [0.5, 0.6) is 0 Å². The number of hydrogen-bond donors (Lipinski definition) is 1. The molecule has 1 aromatic heterocycles. The summed E-state index contributed by atoms with van der Waals surface area (Å²) >= 11 is 0. The smallest absolute Gasteiger partial charge is 0.293 e. The second-order valence-electron chi connectivity index (χ2n) is 6.76. The first-order valence-corrected chi connectivity index (χ1v) is 9.44. The molecule has 0 aliphatic heterocycles. The Bertz CT molecular complexity index is 923. The SMILES string of the molecule is O=COCC(c1ncn[nH]1)C(c1ccccc1)(c1ccccc1)c1ccccc1. The molecule has 1 atom stereocenters. The maximum Gasteiger partial charge on any atom is 0.293 e. The second kappa shape index (κ2) is 8.52. The van der Waals surface area contributed by atoms with Crippen molar-refractivity contribution in [3.05, 3.63) is 120 Å². The molecule has 144 valence electrons. The number of nitrogens with zero attached hydrogens (tertiary/aromatic N) is 2. The highest BCUT2D eigenvalue weighted by atomic mass is 16.5. The van der Waals surface area contributed by atoms with E-state index in [9.17, 15) is 4.79 Å². The minimum atomic E-state index is -0.647. The summed E-state index contributed by atoms with van der Waals surface area (Å²) in [4.78, 5) is 15.6. The van der Waals surface area contributed by atoms with E-state index < -0.39 is 5.41 Å². The molecule has 1 unspecified atom stereocenters. The van der Waals surface area contributed by atoms with Crippen LogP contribution in [0.15, 0.2) is 97.3 Å². The Morgan fingerprint density at radius 2 is 1.31 bits per heavy atom. The molecule has 4 aromatic rings. The zero-order valence-corrected chi connectivity index (χ0v) is 15.8. The summed E-state index contributed by atoms with van der Waals surface area (Å²) in [6.07, 6.45) is 1.48. The molecule has 0 spiro atoms. The number of aromatic amines is 1. The van der Waals surface area contributed by atoms with Crippen LogP contribution in [0.2, 0.25) is 0 Å². The molecular weight excluding hydrogens is 362 g/mol. The highest BCUT2D eigenvalue weighted by Crippen LogP contribution is 2.48. The standard InChI is InChI=1S/C24H21N3O2/c28-18-29-16-22(23-25-17-26-27-23)24(19-10-4-1-5-11-19,20-12-6-2-7-13-20)21-14-8-3-9-15-21/h1-15,17-18,22H,16H2,(H,25,26,27). The van der Waals surface area contributed by atoms with Gasteiger partial charge in [0.05, 0.1) is 11.3 Å². The third kappa shape index (κ3) is 3.43. The minimum Gasteiger partial charge on any atom is -0.467 e. The van der Waals surface area contributed by atoms with Crippen LogP contribution in [0.1, 0.15) is 28.4 Å². The topological polar surface area (TPSA) is 67.9 Å². The van der Waals surface area contributed by atoms with Gasteiger partial charge in [-0.3, -0.25) is 9.89 Å². The van der Waals surface area contributed by atoms with Gasteiger partial charge in [0, 0.05) is 0 Å². The monoisotopic (exact) mass is 383 g/mol. The fourth-order valence-electron chi connectivity index (χ4n) is 4.13. The predicted octanol–water partition coefficient (Wildman–Crippen LogP) is 4.10. The lowest BCUT2D eigenvalue weighted by molar-refractivity contribution is -0.129. The van der Waals surface area contributed by atoms with E-state index in [-0.39, 0.29) is 12.5 Å². The van der Waals surface area contributed by atoms with E-state index in [1.54, 1.807) is 0 Å². The molecule has 29 heavy (non-hydrogen) atoms. The van der Waals surface area contributed by atoms with Crippen molar-refractivity contribution >= 4 is 6.47 Å². The highest BCUT2D eigenvalue weighted by molar-refractivity contribution is 5.54. The van der Waals surface area contributed by atoms with Gasteiger partial charge in [0.15, 0.2) is 0 Å². The van der Waals surface area contributed by atoms with Gasteiger partial charge in [0.25, 0.3) is 6.47 Å². The summed E-state index contributed by atoms with van der Waals surface area (Å²) in [5, 5.41) is 7.07. The van der Waals surface area contributed by atoms with Crippen molar-refractivity contribution in [3.63, 3.8) is 0 Å². The molecule has 0 bridgehead atoms. The molecule has 5 heteroatoms. The molecule has 3 aromatic carbocycles. The number of benzene rings is 3. The van der Waals surface area contributed by atoms with E-state index in [0.717, 1.165) is 16.7 Å². The molecule has 0 aliphatic carbocycles. The van der Waals surface area contributed by atoms with Crippen LogP contribution in [0, 0.1) is 0 Å². The van der Waals surface area contributed by atoms with Gasteiger partial charge in [-0.15, -0.1) is 0 Å². The quantitative estimate of drug-likeness (QED) is 0.367. The van der Waals surface area contributed by atoms with Crippen LogP contribution in [-0.2, 0) is 14.9 Å². The van der Waals surface area contributed by atoms with Gasteiger partial charge in [-0.2, -0.15) is 5.10 Å². The Morgan fingerprint density at radius 3 is 1.69 bits per heavy atom. The zero-order valence-electron chi connectivity index (χ0n) is 15.8. The second-order valence-corrected chi connectivity index (χ2v) is 6.76. The van der Waals surface area contributed by atoms with Crippen LogP contribution >= 0.6 is 0 Å². The van der Waals surface area contributed by atoms with E-state index in [0.29, 0.717) is 12.3 Å². The highest BCUT2D eigenvalue weighted by Gasteiger charge is 2.46. The first-order valence-electron chi connectivity index (χ1n) is 9.44. The van der Waals surface area contributed by atoms with Crippen molar-refractivity contribution in [2.24, 2.45) is 0 Å². The number of rotatable bonds is 8. The first-order chi connectivity index (χ1) is 14.4. The number of aromatic nitrogens is 3. The van der Waals surface area contributed by atoms with Crippen molar-refractivity contribution in [2.45, 2.75) is 11.3 Å². The summed E-state index contributed by atoms with van der Waals surface area (Å²) in [5.74, 6) is 0.339. The lowest BCUT2D eigenvalue weighted by Gasteiger charge is -2.41. The molecule has 4 rings (SSSR count). The van der Waals surface area contributed by atoms with Gasteiger partial charge >= 0.3 is 0 Å². The van der Waals surface area contributed by atoms with Crippen LogP contribution in [0.4, 0.5) is 0 Å². The maximum absolute atomic E-state index is 11.1. The number of carbonyl (C=O) groups excluding carboxylic acids is 1. The van der Waals surface area contributed by atoms with E-state index in [2.05, 4.69) is 51.6 Å². The van der Waals surface area contributed by atoms with Crippen molar-refractivity contribution in [1.82, 2.24) is 15.2 Å². The van der Waals surface area contributed by atoms with Crippen molar-refractivity contribution in [3.8, 4) is 0 Å². The normalized spacial score (nSPS) is 12.3. The molecule has 0 amide bonds. The third-order valence-electron chi connectivity index (χ3n) is 5.30. The number of carbonyl (C=O) groups is 1. The number of hydrogen-bond acceptors (Lipinski definition) is 4. The molecular formula is C24H21N3O2. The molecule has 0 aliphatic rings. The molecule has 1 N–H and O–H groups in total. The lowest BCUT2D eigenvalue weighted by Crippen LogP contribution is -2.39. The summed E-state index contributed by atoms with van der Waals surface area (Å²) in [5.41, 5.74) is 2.58. The first kappa shape index (κ1) is 18.6. The van der Waals surface area contributed by atoms with Crippen molar-refractivity contribution in [2.75, 3.05) is 6.61 Å². The summed E-state index contributed by atoms with van der Waals surface area (Å²) in [6, 6.07) is 30.7. The predicted molar refractivity (Wildman–Crippen MR) is 110 cm³/mol. The largest absolute Gasteiger partial charge is 0.467 e. The molecule has 5 nitrogen and oxygen atoms in total. The molecule has 0 fully saturated rings. The Morgan fingerprint density at radius 1 is 0.828 bits per heavy atom. The fourth-order valence-corrected chi connectivity index (χ4v) is 4.13. The van der Waals surface area contributed by atoms with Gasteiger partial charge < -0.3 is 4.74 Å². The van der Waals surface area contributed by atoms with Gasteiger partial charge in [-0.25, -0.2) is 4.98 Å². The third-order valence-corrected chi connectivity index (χ3v) is 5.30. The maximum atomic E-state index is 11.1. The van der Waals surface area contributed by atoms with E-state index >= 15 is 0 Å². The number of ether oxygens (including phenoxy) is 1.